The standard InChI is InChI=1S/C21H18/c1-5-6-7-12-21(4)19-13-15(2)8-10-17(19)18-11-9-16(3)14-20(18)21/h8-11,13-14H,1-4H3. The van der Waals surface area contributed by atoms with Crippen molar-refractivity contribution in [2.24, 2.45) is 0 Å². The van der Waals surface area contributed by atoms with Crippen molar-refractivity contribution in [3.05, 3.63) is 58.7 Å². The Morgan fingerprint density at radius 1 is 0.810 bits per heavy atom. The van der Waals surface area contributed by atoms with Gasteiger partial charge < -0.3 is 0 Å². The van der Waals surface area contributed by atoms with Crippen LogP contribution < -0.4 is 0 Å². The van der Waals surface area contributed by atoms with Crippen molar-refractivity contribution in [2.45, 2.75) is 33.1 Å². The van der Waals surface area contributed by atoms with Gasteiger partial charge in [-0.3, -0.25) is 0 Å². The summed E-state index contributed by atoms with van der Waals surface area (Å²) in [5.41, 5.74) is 7.48. The van der Waals surface area contributed by atoms with Crippen LogP contribution in [-0.4, -0.2) is 0 Å². The molecule has 2 aromatic rings. The molecule has 0 aromatic heterocycles. The molecule has 0 saturated carbocycles. The third-order valence-electron chi connectivity index (χ3n) is 4.22. The molecule has 0 amide bonds. The summed E-state index contributed by atoms with van der Waals surface area (Å²) in [5, 5.41) is 0. The van der Waals surface area contributed by atoms with Crippen LogP contribution >= 0.6 is 0 Å². The molecule has 0 saturated heterocycles. The molecule has 0 spiro atoms. The lowest BCUT2D eigenvalue weighted by atomic mass is 9.80. The molecule has 0 aliphatic heterocycles. The van der Waals surface area contributed by atoms with Gasteiger partial charge in [-0.05, 0) is 61.8 Å². The van der Waals surface area contributed by atoms with E-state index in [0.717, 1.165) is 0 Å². The van der Waals surface area contributed by atoms with Crippen molar-refractivity contribution < 1.29 is 0 Å². The molecule has 0 N–H and O–H groups in total. The SMILES string of the molecule is CC#CC#CC1(C)c2cc(C)ccc2-c2ccc(C)cc21. The molecule has 102 valence electrons. The zero-order valence-corrected chi connectivity index (χ0v) is 13.0. The van der Waals surface area contributed by atoms with Crippen molar-refractivity contribution in [3.8, 4) is 34.8 Å². The van der Waals surface area contributed by atoms with E-state index >= 15 is 0 Å². The number of rotatable bonds is 0. The minimum atomic E-state index is -0.271. The highest BCUT2D eigenvalue weighted by atomic mass is 14.4. The summed E-state index contributed by atoms with van der Waals surface area (Å²) < 4.78 is 0. The molecule has 0 nitrogen and oxygen atoms in total. The minimum Gasteiger partial charge on any atom is -0.0925 e. The molecular weight excluding hydrogens is 252 g/mol. The van der Waals surface area contributed by atoms with Crippen LogP contribution in [0.25, 0.3) is 11.1 Å². The maximum atomic E-state index is 3.40. The molecule has 0 heterocycles. The maximum Gasteiger partial charge on any atom is 0.0806 e. The third kappa shape index (κ3) is 2.05. The maximum absolute atomic E-state index is 3.40. The van der Waals surface area contributed by atoms with Gasteiger partial charge >= 0.3 is 0 Å². The number of fused-ring (bicyclic) bond motifs is 3. The van der Waals surface area contributed by atoms with Crippen LogP contribution in [0.15, 0.2) is 36.4 Å². The van der Waals surface area contributed by atoms with Gasteiger partial charge in [0.1, 0.15) is 0 Å². The Morgan fingerprint density at radius 2 is 1.33 bits per heavy atom. The molecule has 0 fully saturated rings. The van der Waals surface area contributed by atoms with Crippen molar-refractivity contribution in [1.29, 1.82) is 0 Å². The molecule has 21 heavy (non-hydrogen) atoms. The van der Waals surface area contributed by atoms with Gasteiger partial charge in [0.05, 0.1) is 5.41 Å². The molecule has 2 aromatic carbocycles. The normalized spacial score (nSPS) is 13.3. The van der Waals surface area contributed by atoms with E-state index in [-0.39, 0.29) is 5.41 Å². The van der Waals surface area contributed by atoms with E-state index in [2.05, 4.69) is 80.9 Å². The fourth-order valence-electron chi connectivity index (χ4n) is 3.11. The Hall–Kier alpha value is -2.44. The lowest BCUT2D eigenvalue weighted by Crippen LogP contribution is -2.18. The van der Waals surface area contributed by atoms with E-state index in [1.165, 1.54) is 33.4 Å². The Morgan fingerprint density at radius 3 is 1.81 bits per heavy atom. The molecule has 0 atom stereocenters. The van der Waals surface area contributed by atoms with E-state index in [0.29, 0.717) is 0 Å². The molecule has 1 aliphatic carbocycles. The van der Waals surface area contributed by atoms with Crippen LogP contribution in [0.3, 0.4) is 0 Å². The van der Waals surface area contributed by atoms with Gasteiger partial charge in [0.2, 0.25) is 0 Å². The number of hydrogen-bond donors (Lipinski definition) is 0. The molecule has 0 heteroatoms. The first-order chi connectivity index (χ1) is 10.1. The summed E-state index contributed by atoms with van der Waals surface area (Å²) in [7, 11) is 0. The van der Waals surface area contributed by atoms with Crippen molar-refractivity contribution in [1.82, 2.24) is 0 Å². The molecule has 0 radical (unpaired) electrons. The molecule has 1 aliphatic rings. The summed E-state index contributed by atoms with van der Waals surface area (Å²) in [5.74, 6) is 12.2. The highest BCUT2D eigenvalue weighted by molar-refractivity contribution is 5.83. The van der Waals surface area contributed by atoms with Gasteiger partial charge in [0.25, 0.3) is 0 Å². The Bertz CT molecular complexity index is 794. The van der Waals surface area contributed by atoms with Crippen LogP contribution in [-0.2, 0) is 5.41 Å². The van der Waals surface area contributed by atoms with E-state index in [9.17, 15) is 0 Å². The van der Waals surface area contributed by atoms with Crippen molar-refractivity contribution >= 4 is 0 Å². The van der Waals surface area contributed by atoms with Gasteiger partial charge in [-0.1, -0.05) is 59.4 Å². The van der Waals surface area contributed by atoms with Crippen LogP contribution in [0.2, 0.25) is 0 Å². The minimum absolute atomic E-state index is 0.271. The monoisotopic (exact) mass is 270 g/mol. The first-order valence-corrected chi connectivity index (χ1v) is 7.23. The van der Waals surface area contributed by atoms with E-state index in [1.54, 1.807) is 0 Å². The van der Waals surface area contributed by atoms with Crippen molar-refractivity contribution in [2.75, 3.05) is 0 Å². The molecular formula is C21H18. The second-order valence-corrected chi connectivity index (χ2v) is 5.85. The van der Waals surface area contributed by atoms with Crippen LogP contribution in [0, 0.1) is 37.5 Å². The van der Waals surface area contributed by atoms with Crippen LogP contribution in [0.4, 0.5) is 0 Å². The fraction of sp³-hybridized carbons (Fsp3) is 0.238. The van der Waals surface area contributed by atoms with E-state index in [1.807, 2.05) is 6.92 Å². The largest absolute Gasteiger partial charge is 0.0925 e. The van der Waals surface area contributed by atoms with Gasteiger partial charge in [-0.2, -0.15) is 0 Å². The Kier molecular flexibility index (Phi) is 3.12. The highest BCUT2D eigenvalue weighted by Crippen LogP contribution is 2.49. The van der Waals surface area contributed by atoms with Gasteiger partial charge in [-0.15, -0.1) is 0 Å². The topological polar surface area (TPSA) is 0 Å². The summed E-state index contributed by atoms with van der Waals surface area (Å²) >= 11 is 0. The molecule has 3 rings (SSSR count). The lowest BCUT2D eigenvalue weighted by molar-refractivity contribution is 0.776. The predicted molar refractivity (Wildman–Crippen MR) is 89.0 cm³/mol. The smallest absolute Gasteiger partial charge is 0.0806 e. The summed E-state index contributed by atoms with van der Waals surface area (Å²) in [6.45, 7) is 8.30. The lowest BCUT2D eigenvalue weighted by Gasteiger charge is -2.21. The summed E-state index contributed by atoms with van der Waals surface area (Å²) in [6, 6.07) is 13.3. The van der Waals surface area contributed by atoms with Crippen molar-refractivity contribution in [3.63, 3.8) is 0 Å². The summed E-state index contributed by atoms with van der Waals surface area (Å²) in [4.78, 5) is 0. The second-order valence-electron chi connectivity index (χ2n) is 5.85. The number of aryl methyl sites for hydroxylation is 2. The quantitative estimate of drug-likeness (QED) is 0.613. The van der Waals surface area contributed by atoms with Crippen LogP contribution in [0.5, 0.6) is 0 Å². The predicted octanol–water partition coefficient (Wildman–Crippen LogP) is 4.62. The van der Waals surface area contributed by atoms with Gasteiger partial charge in [0.15, 0.2) is 0 Å². The highest BCUT2D eigenvalue weighted by Gasteiger charge is 2.38. The second kappa shape index (κ2) is 4.83. The zero-order chi connectivity index (χ0) is 15.0. The van der Waals surface area contributed by atoms with Gasteiger partial charge in [-0.25, -0.2) is 0 Å². The van der Waals surface area contributed by atoms with E-state index in [4.69, 9.17) is 0 Å². The third-order valence-corrected chi connectivity index (χ3v) is 4.22. The average molecular weight is 270 g/mol. The molecule has 0 bridgehead atoms. The first kappa shape index (κ1) is 13.5. The fourth-order valence-corrected chi connectivity index (χ4v) is 3.11. The Balaban J connectivity index is 2.34. The number of hydrogen-bond acceptors (Lipinski definition) is 0. The zero-order valence-electron chi connectivity index (χ0n) is 13.0. The Labute approximate surface area is 127 Å². The summed E-state index contributed by atoms with van der Waals surface area (Å²) in [6.07, 6.45) is 0. The average Bonchev–Trinajstić information content (AvgIpc) is 2.69. The van der Waals surface area contributed by atoms with Gasteiger partial charge in [0, 0.05) is 0 Å². The van der Waals surface area contributed by atoms with Crippen LogP contribution in [0.1, 0.15) is 36.1 Å². The first-order valence-electron chi connectivity index (χ1n) is 7.23. The molecule has 0 unspecified atom stereocenters. The number of benzene rings is 2. The van der Waals surface area contributed by atoms with E-state index < -0.39 is 0 Å².